The Labute approximate surface area is 108 Å². The maximum absolute atomic E-state index is 12.7. The highest BCUT2D eigenvalue weighted by atomic mass is 16.2. The largest absolute Gasteiger partial charge is 0.334 e. The van der Waals surface area contributed by atoms with Crippen LogP contribution in [-0.2, 0) is 0 Å². The molecular formula is C15H20N2O. The van der Waals surface area contributed by atoms with E-state index >= 15 is 0 Å². The third kappa shape index (κ3) is 1.74. The van der Waals surface area contributed by atoms with Gasteiger partial charge in [-0.05, 0) is 43.4 Å². The van der Waals surface area contributed by atoms with E-state index in [9.17, 15) is 4.79 Å². The fourth-order valence-electron chi connectivity index (χ4n) is 3.24. The van der Waals surface area contributed by atoms with Gasteiger partial charge in [0.2, 0.25) is 0 Å². The van der Waals surface area contributed by atoms with Gasteiger partial charge in [0.05, 0.1) is 0 Å². The average molecular weight is 244 g/mol. The Morgan fingerprint density at radius 1 is 1.33 bits per heavy atom. The lowest BCUT2D eigenvalue weighted by Gasteiger charge is -2.24. The van der Waals surface area contributed by atoms with E-state index in [1.54, 1.807) is 0 Å². The smallest absolute Gasteiger partial charge is 0.254 e. The van der Waals surface area contributed by atoms with Crippen LogP contribution in [0.25, 0.3) is 0 Å². The number of nitrogens with one attached hydrogen (secondary N) is 1. The number of benzene rings is 1. The molecule has 0 aromatic heterocycles. The molecule has 0 bridgehead atoms. The quantitative estimate of drug-likeness (QED) is 0.816. The van der Waals surface area contributed by atoms with Gasteiger partial charge in [-0.25, -0.2) is 0 Å². The topological polar surface area (TPSA) is 32.3 Å². The van der Waals surface area contributed by atoms with E-state index in [2.05, 4.69) is 23.2 Å². The molecular weight excluding hydrogens is 224 g/mol. The molecule has 0 saturated carbocycles. The van der Waals surface area contributed by atoms with Crippen molar-refractivity contribution in [2.75, 3.05) is 19.6 Å². The maximum atomic E-state index is 12.7. The highest BCUT2D eigenvalue weighted by Gasteiger charge is 2.40. The van der Waals surface area contributed by atoms with E-state index in [0.29, 0.717) is 12.0 Å². The van der Waals surface area contributed by atoms with Gasteiger partial charge < -0.3 is 10.2 Å². The number of hydrogen-bond acceptors (Lipinski definition) is 2. The molecule has 3 heteroatoms. The van der Waals surface area contributed by atoms with Gasteiger partial charge in [-0.2, -0.15) is 0 Å². The summed E-state index contributed by atoms with van der Waals surface area (Å²) in [4.78, 5) is 14.7. The van der Waals surface area contributed by atoms with Crippen molar-refractivity contribution < 1.29 is 4.79 Å². The van der Waals surface area contributed by atoms with Crippen LogP contribution < -0.4 is 5.32 Å². The summed E-state index contributed by atoms with van der Waals surface area (Å²) in [5.74, 6) is 0.881. The van der Waals surface area contributed by atoms with Gasteiger partial charge in [-0.1, -0.05) is 12.1 Å². The summed E-state index contributed by atoms with van der Waals surface area (Å²) in [6.45, 7) is 7.06. The molecule has 2 aliphatic rings. The number of carbonyl (C=O) groups excluding carboxylic acids is 1. The highest BCUT2D eigenvalue weighted by Crippen LogP contribution is 2.29. The molecule has 96 valence electrons. The second-order valence-corrected chi connectivity index (χ2v) is 5.52. The zero-order valence-electron chi connectivity index (χ0n) is 11.1. The Hall–Kier alpha value is -1.35. The number of fused-ring (bicyclic) bond motifs is 1. The SMILES string of the molecule is Cc1cccc(C(=O)N2CC[C@@H]3CNC[C@@H]32)c1C. The Bertz CT molecular complexity index is 483. The Morgan fingerprint density at radius 3 is 3.00 bits per heavy atom. The van der Waals surface area contributed by atoms with Gasteiger partial charge in [-0.15, -0.1) is 0 Å². The van der Waals surface area contributed by atoms with Crippen LogP contribution >= 0.6 is 0 Å². The fourth-order valence-corrected chi connectivity index (χ4v) is 3.24. The van der Waals surface area contributed by atoms with Crippen LogP contribution in [0.2, 0.25) is 0 Å². The monoisotopic (exact) mass is 244 g/mol. The molecule has 18 heavy (non-hydrogen) atoms. The van der Waals surface area contributed by atoms with Crippen molar-refractivity contribution in [3.05, 3.63) is 34.9 Å². The third-order valence-electron chi connectivity index (χ3n) is 4.54. The molecule has 1 aromatic carbocycles. The molecule has 2 aliphatic heterocycles. The van der Waals surface area contributed by atoms with Crippen molar-refractivity contribution in [2.45, 2.75) is 26.3 Å². The van der Waals surface area contributed by atoms with E-state index in [-0.39, 0.29) is 5.91 Å². The number of hydrogen-bond donors (Lipinski definition) is 1. The minimum Gasteiger partial charge on any atom is -0.334 e. The van der Waals surface area contributed by atoms with Crippen molar-refractivity contribution in [1.82, 2.24) is 10.2 Å². The van der Waals surface area contributed by atoms with Crippen LogP contribution in [0.15, 0.2) is 18.2 Å². The molecule has 0 aliphatic carbocycles. The van der Waals surface area contributed by atoms with E-state index in [1.165, 1.54) is 5.56 Å². The second kappa shape index (κ2) is 4.39. The van der Waals surface area contributed by atoms with Crippen LogP contribution in [0, 0.1) is 19.8 Å². The molecule has 2 atom stereocenters. The molecule has 2 fully saturated rings. The van der Waals surface area contributed by atoms with Crippen molar-refractivity contribution in [3.8, 4) is 0 Å². The predicted octanol–water partition coefficient (Wildman–Crippen LogP) is 1.74. The summed E-state index contributed by atoms with van der Waals surface area (Å²) in [5.41, 5.74) is 3.20. The number of rotatable bonds is 1. The minimum atomic E-state index is 0.215. The van der Waals surface area contributed by atoms with Crippen LogP contribution in [0.3, 0.4) is 0 Å². The van der Waals surface area contributed by atoms with E-state index in [1.807, 2.05) is 19.1 Å². The molecule has 1 N–H and O–H groups in total. The number of amides is 1. The maximum Gasteiger partial charge on any atom is 0.254 e. The van der Waals surface area contributed by atoms with Gasteiger partial charge in [0.15, 0.2) is 0 Å². The summed E-state index contributed by atoms with van der Waals surface area (Å²) in [6, 6.07) is 6.42. The van der Waals surface area contributed by atoms with Gasteiger partial charge in [-0.3, -0.25) is 4.79 Å². The Balaban J connectivity index is 1.88. The minimum absolute atomic E-state index is 0.215. The first kappa shape index (κ1) is 11.7. The van der Waals surface area contributed by atoms with E-state index in [0.717, 1.165) is 37.2 Å². The first-order valence-corrected chi connectivity index (χ1v) is 6.76. The van der Waals surface area contributed by atoms with Crippen molar-refractivity contribution >= 4 is 5.91 Å². The summed E-state index contributed by atoms with van der Waals surface area (Å²) >= 11 is 0. The second-order valence-electron chi connectivity index (χ2n) is 5.52. The predicted molar refractivity (Wildman–Crippen MR) is 71.7 cm³/mol. The van der Waals surface area contributed by atoms with E-state index in [4.69, 9.17) is 0 Å². The molecule has 2 saturated heterocycles. The zero-order valence-corrected chi connectivity index (χ0v) is 11.1. The van der Waals surface area contributed by atoms with Crippen molar-refractivity contribution in [1.29, 1.82) is 0 Å². The molecule has 1 aromatic rings. The standard InChI is InChI=1S/C15H20N2O/c1-10-4-3-5-13(11(10)2)15(18)17-7-6-12-8-16-9-14(12)17/h3-5,12,14,16H,6-9H2,1-2H3/t12-,14+/m1/s1. The lowest BCUT2D eigenvalue weighted by atomic mass is 10.0. The van der Waals surface area contributed by atoms with Crippen LogP contribution in [-0.4, -0.2) is 36.5 Å². The third-order valence-corrected chi connectivity index (χ3v) is 4.54. The summed E-state index contributed by atoms with van der Waals surface area (Å²) in [5, 5.41) is 3.39. The van der Waals surface area contributed by atoms with Crippen LogP contribution in [0.1, 0.15) is 27.9 Å². The molecule has 3 nitrogen and oxygen atoms in total. The summed E-state index contributed by atoms with van der Waals surface area (Å²) in [7, 11) is 0. The highest BCUT2D eigenvalue weighted by molar-refractivity contribution is 5.96. The Kier molecular flexibility index (Phi) is 2.86. The van der Waals surface area contributed by atoms with Gasteiger partial charge in [0, 0.05) is 31.2 Å². The average Bonchev–Trinajstić information content (AvgIpc) is 2.94. The first-order valence-electron chi connectivity index (χ1n) is 6.76. The number of carbonyl (C=O) groups is 1. The lowest BCUT2D eigenvalue weighted by Crippen LogP contribution is -2.39. The molecule has 2 heterocycles. The molecule has 0 unspecified atom stereocenters. The van der Waals surface area contributed by atoms with Gasteiger partial charge in [0.25, 0.3) is 5.91 Å². The van der Waals surface area contributed by atoms with Crippen molar-refractivity contribution in [3.63, 3.8) is 0 Å². The first-order chi connectivity index (χ1) is 8.68. The fraction of sp³-hybridized carbons (Fsp3) is 0.533. The Morgan fingerprint density at radius 2 is 2.17 bits per heavy atom. The molecule has 3 rings (SSSR count). The molecule has 0 spiro atoms. The number of likely N-dealkylation sites (tertiary alicyclic amines) is 1. The zero-order chi connectivity index (χ0) is 12.7. The normalized spacial score (nSPS) is 26.4. The van der Waals surface area contributed by atoms with Gasteiger partial charge in [0.1, 0.15) is 0 Å². The van der Waals surface area contributed by atoms with Crippen LogP contribution in [0.5, 0.6) is 0 Å². The van der Waals surface area contributed by atoms with Crippen molar-refractivity contribution in [2.24, 2.45) is 5.92 Å². The molecule has 0 radical (unpaired) electrons. The summed E-state index contributed by atoms with van der Waals surface area (Å²) < 4.78 is 0. The lowest BCUT2D eigenvalue weighted by molar-refractivity contribution is 0.0736. The number of aryl methyl sites for hydroxylation is 1. The van der Waals surface area contributed by atoms with Gasteiger partial charge >= 0.3 is 0 Å². The van der Waals surface area contributed by atoms with E-state index < -0.39 is 0 Å². The number of nitrogens with zero attached hydrogens (tertiary/aromatic N) is 1. The summed E-state index contributed by atoms with van der Waals surface area (Å²) in [6.07, 6.45) is 1.15. The van der Waals surface area contributed by atoms with Crippen LogP contribution in [0.4, 0.5) is 0 Å². The molecule has 1 amide bonds.